The Morgan fingerprint density at radius 1 is 1.29 bits per heavy atom. The molecule has 0 bridgehead atoms. The van der Waals surface area contributed by atoms with Gasteiger partial charge < -0.3 is 9.67 Å². The lowest BCUT2D eigenvalue weighted by atomic mass is 9.99. The fourth-order valence-electron chi connectivity index (χ4n) is 2.32. The number of hydrogen-bond donors (Lipinski definition) is 1. The first-order valence-electron chi connectivity index (χ1n) is 6.32. The molecule has 1 aromatic heterocycles. The molecule has 92 valence electrons. The Hall–Kier alpha value is -1.28. The summed E-state index contributed by atoms with van der Waals surface area (Å²) in [5.41, 5.74) is 4.01. The molecule has 2 aromatic rings. The first-order chi connectivity index (χ1) is 8.13. The summed E-state index contributed by atoms with van der Waals surface area (Å²) in [5.74, 6) is 0.560. The van der Waals surface area contributed by atoms with Gasteiger partial charge in [-0.1, -0.05) is 19.9 Å². The van der Waals surface area contributed by atoms with Gasteiger partial charge in [0.15, 0.2) is 0 Å². The van der Waals surface area contributed by atoms with Crippen molar-refractivity contribution in [3.63, 3.8) is 0 Å². The Bertz CT molecular complexity index is 511. The van der Waals surface area contributed by atoms with Crippen LogP contribution in [0.4, 0.5) is 0 Å². The lowest BCUT2D eigenvalue weighted by molar-refractivity contribution is 0.288. The van der Waals surface area contributed by atoms with Gasteiger partial charge in [-0.15, -0.1) is 0 Å². The van der Waals surface area contributed by atoms with Gasteiger partial charge in [0, 0.05) is 30.8 Å². The van der Waals surface area contributed by atoms with Gasteiger partial charge >= 0.3 is 0 Å². The molecule has 2 nitrogen and oxygen atoms in total. The van der Waals surface area contributed by atoms with Crippen molar-refractivity contribution < 1.29 is 5.11 Å². The highest BCUT2D eigenvalue weighted by atomic mass is 16.2. The molecule has 0 unspecified atom stereocenters. The first kappa shape index (κ1) is 12.2. The first-order valence-corrected chi connectivity index (χ1v) is 6.32. The molecule has 1 N–H and O–H groups in total. The minimum absolute atomic E-state index is 0.264. The van der Waals surface area contributed by atoms with E-state index in [-0.39, 0.29) is 6.61 Å². The summed E-state index contributed by atoms with van der Waals surface area (Å²) in [6, 6.07) is 6.71. The van der Waals surface area contributed by atoms with Gasteiger partial charge in [-0.3, -0.25) is 0 Å². The van der Waals surface area contributed by atoms with Crippen molar-refractivity contribution in [2.45, 2.75) is 32.6 Å². The standard InChI is InChI=1S/C15H21NO/c1-11(2)12-6-7-15-14(9-12)13(5-4-8-17)10-16(15)3/h6-7,9-11,17H,4-5,8H2,1-3H3. The van der Waals surface area contributed by atoms with E-state index in [1.54, 1.807) is 0 Å². The number of aryl methyl sites for hydroxylation is 2. The maximum atomic E-state index is 8.94. The van der Waals surface area contributed by atoms with Crippen LogP contribution in [0.1, 0.15) is 37.3 Å². The highest BCUT2D eigenvalue weighted by Crippen LogP contribution is 2.26. The predicted molar refractivity (Wildman–Crippen MR) is 72.4 cm³/mol. The molecule has 0 saturated carbocycles. The van der Waals surface area contributed by atoms with Crippen LogP contribution in [0.3, 0.4) is 0 Å². The van der Waals surface area contributed by atoms with E-state index >= 15 is 0 Å². The molecule has 1 aromatic carbocycles. The van der Waals surface area contributed by atoms with Gasteiger partial charge in [-0.25, -0.2) is 0 Å². The normalized spacial score (nSPS) is 11.6. The minimum atomic E-state index is 0.264. The van der Waals surface area contributed by atoms with E-state index < -0.39 is 0 Å². The van der Waals surface area contributed by atoms with Crippen LogP contribution in [0.25, 0.3) is 10.9 Å². The molecular weight excluding hydrogens is 210 g/mol. The number of fused-ring (bicyclic) bond motifs is 1. The van der Waals surface area contributed by atoms with Crippen molar-refractivity contribution in [3.8, 4) is 0 Å². The monoisotopic (exact) mass is 231 g/mol. The molecule has 1 heterocycles. The fraction of sp³-hybridized carbons (Fsp3) is 0.467. The minimum Gasteiger partial charge on any atom is -0.396 e. The average Bonchev–Trinajstić information content (AvgIpc) is 2.63. The maximum absolute atomic E-state index is 8.94. The molecular formula is C15H21NO. The van der Waals surface area contributed by atoms with E-state index in [0.717, 1.165) is 12.8 Å². The lowest BCUT2D eigenvalue weighted by Gasteiger charge is -2.06. The van der Waals surface area contributed by atoms with Crippen LogP contribution in [0.2, 0.25) is 0 Å². The van der Waals surface area contributed by atoms with Crippen molar-refractivity contribution in [2.24, 2.45) is 7.05 Å². The van der Waals surface area contributed by atoms with Gasteiger partial charge in [0.2, 0.25) is 0 Å². The molecule has 0 aliphatic heterocycles. The average molecular weight is 231 g/mol. The number of aliphatic hydroxyl groups excluding tert-OH is 1. The molecule has 2 rings (SSSR count). The summed E-state index contributed by atoms with van der Waals surface area (Å²) in [5, 5.41) is 10.3. The molecule has 0 fully saturated rings. The zero-order chi connectivity index (χ0) is 12.4. The van der Waals surface area contributed by atoms with Crippen LogP contribution in [0, 0.1) is 0 Å². The third-order valence-corrected chi connectivity index (χ3v) is 3.37. The Balaban J connectivity index is 2.48. The Morgan fingerprint density at radius 3 is 2.71 bits per heavy atom. The molecule has 0 spiro atoms. The number of hydrogen-bond acceptors (Lipinski definition) is 1. The van der Waals surface area contributed by atoms with E-state index in [9.17, 15) is 0 Å². The van der Waals surface area contributed by atoms with Gasteiger partial charge in [0.25, 0.3) is 0 Å². The second kappa shape index (κ2) is 4.92. The summed E-state index contributed by atoms with van der Waals surface area (Å²) < 4.78 is 2.17. The number of nitrogens with zero attached hydrogens (tertiary/aromatic N) is 1. The van der Waals surface area contributed by atoms with Crippen molar-refractivity contribution in [3.05, 3.63) is 35.5 Å². The number of benzene rings is 1. The van der Waals surface area contributed by atoms with Gasteiger partial charge in [0.1, 0.15) is 0 Å². The summed E-state index contributed by atoms with van der Waals surface area (Å²) >= 11 is 0. The predicted octanol–water partition coefficient (Wildman–Crippen LogP) is 3.23. The molecule has 2 heteroatoms. The van der Waals surface area contributed by atoms with Gasteiger partial charge in [-0.2, -0.15) is 0 Å². The van der Waals surface area contributed by atoms with E-state index in [4.69, 9.17) is 5.11 Å². The second-order valence-corrected chi connectivity index (χ2v) is 5.02. The maximum Gasteiger partial charge on any atom is 0.0480 e. The summed E-state index contributed by atoms with van der Waals surface area (Å²) in [4.78, 5) is 0. The number of aromatic nitrogens is 1. The SMILES string of the molecule is CC(C)c1ccc2c(c1)c(CCCO)cn2C. The zero-order valence-corrected chi connectivity index (χ0v) is 10.9. The van der Waals surface area contributed by atoms with Crippen LogP contribution in [0.5, 0.6) is 0 Å². The number of aliphatic hydroxyl groups is 1. The van der Waals surface area contributed by atoms with Crippen LogP contribution in [-0.4, -0.2) is 16.3 Å². The summed E-state index contributed by atoms with van der Waals surface area (Å²) in [6.07, 6.45) is 3.98. The summed E-state index contributed by atoms with van der Waals surface area (Å²) in [6.45, 7) is 4.70. The molecule has 0 amide bonds. The Labute approximate surface area is 103 Å². The second-order valence-electron chi connectivity index (χ2n) is 5.02. The lowest BCUT2D eigenvalue weighted by Crippen LogP contribution is -1.89. The Morgan fingerprint density at radius 2 is 2.06 bits per heavy atom. The molecule has 0 aliphatic carbocycles. The van der Waals surface area contributed by atoms with Crippen LogP contribution < -0.4 is 0 Å². The fourth-order valence-corrected chi connectivity index (χ4v) is 2.32. The van der Waals surface area contributed by atoms with Crippen molar-refractivity contribution in [1.29, 1.82) is 0 Å². The van der Waals surface area contributed by atoms with E-state index in [1.807, 2.05) is 0 Å². The van der Waals surface area contributed by atoms with Gasteiger partial charge in [-0.05, 0) is 42.0 Å². The zero-order valence-electron chi connectivity index (χ0n) is 10.9. The number of rotatable bonds is 4. The smallest absolute Gasteiger partial charge is 0.0480 e. The highest BCUT2D eigenvalue weighted by Gasteiger charge is 2.08. The van der Waals surface area contributed by atoms with Crippen LogP contribution in [0.15, 0.2) is 24.4 Å². The van der Waals surface area contributed by atoms with E-state index in [1.165, 1.54) is 22.0 Å². The molecule has 0 atom stereocenters. The quantitative estimate of drug-likeness (QED) is 0.858. The largest absolute Gasteiger partial charge is 0.396 e. The van der Waals surface area contributed by atoms with Crippen molar-refractivity contribution in [2.75, 3.05) is 6.61 Å². The van der Waals surface area contributed by atoms with Crippen molar-refractivity contribution >= 4 is 10.9 Å². The molecule has 0 radical (unpaired) electrons. The van der Waals surface area contributed by atoms with Crippen LogP contribution >= 0.6 is 0 Å². The Kier molecular flexibility index (Phi) is 3.53. The highest BCUT2D eigenvalue weighted by molar-refractivity contribution is 5.84. The topological polar surface area (TPSA) is 25.2 Å². The molecule has 0 saturated heterocycles. The molecule has 0 aliphatic rings. The van der Waals surface area contributed by atoms with Crippen LogP contribution in [-0.2, 0) is 13.5 Å². The van der Waals surface area contributed by atoms with E-state index in [2.05, 4.69) is 49.9 Å². The third-order valence-electron chi connectivity index (χ3n) is 3.37. The third kappa shape index (κ3) is 2.37. The van der Waals surface area contributed by atoms with E-state index in [0.29, 0.717) is 5.92 Å². The molecule has 17 heavy (non-hydrogen) atoms. The van der Waals surface area contributed by atoms with Crippen molar-refractivity contribution in [1.82, 2.24) is 4.57 Å². The van der Waals surface area contributed by atoms with Gasteiger partial charge in [0.05, 0.1) is 0 Å². The summed E-state index contributed by atoms with van der Waals surface area (Å²) in [7, 11) is 2.08.